The van der Waals surface area contributed by atoms with Crippen molar-refractivity contribution >= 4 is 18.3 Å². The topological polar surface area (TPSA) is 72.9 Å². The maximum absolute atomic E-state index is 12.0. The molecule has 0 saturated heterocycles. The number of carbonyl (C=O) groups is 1. The quantitative estimate of drug-likeness (QED) is 0.886. The van der Waals surface area contributed by atoms with Gasteiger partial charge in [-0.2, -0.15) is 5.10 Å². The van der Waals surface area contributed by atoms with Crippen LogP contribution >= 0.6 is 12.4 Å². The lowest BCUT2D eigenvalue weighted by atomic mass is 10.0. The van der Waals surface area contributed by atoms with Gasteiger partial charge >= 0.3 is 0 Å². The summed E-state index contributed by atoms with van der Waals surface area (Å²) in [6, 6.07) is 9.39. The summed E-state index contributed by atoms with van der Waals surface area (Å²) in [6.45, 7) is 4.44. The van der Waals surface area contributed by atoms with Crippen molar-refractivity contribution in [2.45, 2.75) is 32.9 Å². The third-order valence-electron chi connectivity index (χ3n) is 3.75. The molecule has 1 atom stereocenters. The summed E-state index contributed by atoms with van der Waals surface area (Å²) >= 11 is 0. The van der Waals surface area contributed by atoms with Crippen molar-refractivity contribution in [1.82, 2.24) is 15.1 Å². The zero-order valence-corrected chi connectivity index (χ0v) is 14.0. The molecule has 6 heteroatoms. The van der Waals surface area contributed by atoms with E-state index in [1.165, 1.54) is 0 Å². The summed E-state index contributed by atoms with van der Waals surface area (Å²) in [5.41, 5.74) is 10.1. The summed E-state index contributed by atoms with van der Waals surface area (Å²) in [4.78, 5) is 12.0. The van der Waals surface area contributed by atoms with Gasteiger partial charge in [0.05, 0.1) is 5.69 Å². The molecule has 0 saturated carbocycles. The zero-order chi connectivity index (χ0) is 15.4. The lowest BCUT2D eigenvalue weighted by Gasteiger charge is -2.12. The first-order chi connectivity index (χ1) is 9.99. The number of nitrogens with one attached hydrogen (secondary N) is 1. The Balaban J connectivity index is 0.00000242. The van der Waals surface area contributed by atoms with Crippen LogP contribution in [0.25, 0.3) is 0 Å². The second kappa shape index (κ2) is 7.96. The lowest BCUT2D eigenvalue weighted by Crippen LogP contribution is -2.27. The fraction of sp³-hybridized carbons (Fsp3) is 0.375. The number of aryl methyl sites for hydroxylation is 2. The van der Waals surface area contributed by atoms with Crippen LogP contribution in [-0.4, -0.2) is 15.7 Å². The van der Waals surface area contributed by atoms with Gasteiger partial charge in [-0.1, -0.05) is 30.3 Å². The lowest BCUT2D eigenvalue weighted by molar-refractivity contribution is -0.121. The molecule has 0 aliphatic carbocycles. The number of hydrogen-bond donors (Lipinski definition) is 2. The number of halogens is 1. The highest BCUT2D eigenvalue weighted by Crippen LogP contribution is 2.14. The van der Waals surface area contributed by atoms with Crippen LogP contribution in [0.3, 0.4) is 0 Å². The monoisotopic (exact) mass is 322 g/mol. The van der Waals surface area contributed by atoms with Gasteiger partial charge in [-0.05, 0) is 19.4 Å². The predicted octanol–water partition coefficient (Wildman–Crippen LogP) is 2.17. The summed E-state index contributed by atoms with van der Waals surface area (Å²) in [5.74, 6) is -0.0472. The first kappa shape index (κ1) is 18.2. The first-order valence-electron chi connectivity index (χ1n) is 7.05. The largest absolute Gasteiger partial charge is 0.352 e. The van der Waals surface area contributed by atoms with E-state index in [2.05, 4.69) is 10.4 Å². The Morgan fingerprint density at radius 2 is 1.95 bits per heavy atom. The molecule has 1 aromatic heterocycles. The predicted molar refractivity (Wildman–Crippen MR) is 89.8 cm³/mol. The van der Waals surface area contributed by atoms with Gasteiger partial charge in [-0.25, -0.2) is 0 Å². The fourth-order valence-corrected chi connectivity index (χ4v) is 2.35. The maximum Gasteiger partial charge on any atom is 0.222 e. The van der Waals surface area contributed by atoms with Crippen LogP contribution in [0, 0.1) is 13.8 Å². The van der Waals surface area contributed by atoms with E-state index in [9.17, 15) is 4.79 Å². The standard InChI is InChI=1S/C16H22N4O.ClH/c1-11-14(12(2)20(3)19-11)10-18-16(21)9-15(17)13-7-5-4-6-8-13;/h4-8,15H,9-10,17H2,1-3H3,(H,18,21);1H. The van der Waals surface area contributed by atoms with Gasteiger partial charge in [0.25, 0.3) is 0 Å². The molecule has 3 N–H and O–H groups in total. The van der Waals surface area contributed by atoms with E-state index < -0.39 is 0 Å². The molecule has 2 rings (SSSR count). The summed E-state index contributed by atoms with van der Waals surface area (Å²) < 4.78 is 1.83. The Hall–Kier alpha value is -1.85. The van der Waals surface area contributed by atoms with E-state index in [0.29, 0.717) is 6.54 Å². The average Bonchev–Trinajstić information content (AvgIpc) is 2.71. The zero-order valence-electron chi connectivity index (χ0n) is 13.2. The van der Waals surface area contributed by atoms with Crippen LogP contribution in [0.5, 0.6) is 0 Å². The number of hydrogen-bond acceptors (Lipinski definition) is 3. The number of carbonyl (C=O) groups excluding carboxylic acids is 1. The second-order valence-corrected chi connectivity index (χ2v) is 5.27. The highest BCUT2D eigenvalue weighted by Gasteiger charge is 2.13. The normalized spacial score (nSPS) is 11.6. The molecular weight excluding hydrogens is 300 g/mol. The van der Waals surface area contributed by atoms with E-state index in [-0.39, 0.29) is 30.8 Å². The molecule has 1 heterocycles. The van der Waals surface area contributed by atoms with Crippen molar-refractivity contribution in [3.8, 4) is 0 Å². The van der Waals surface area contributed by atoms with Crippen molar-refractivity contribution in [2.24, 2.45) is 12.8 Å². The van der Waals surface area contributed by atoms with Gasteiger partial charge in [0.15, 0.2) is 0 Å². The average molecular weight is 323 g/mol. The molecule has 0 aliphatic rings. The molecule has 1 aromatic carbocycles. The molecular formula is C16H23ClN4O. The Morgan fingerprint density at radius 1 is 1.32 bits per heavy atom. The number of amides is 1. The molecule has 1 amide bonds. The molecule has 0 radical (unpaired) electrons. The Kier molecular flexibility index (Phi) is 6.59. The van der Waals surface area contributed by atoms with Crippen LogP contribution < -0.4 is 11.1 Å². The Morgan fingerprint density at radius 3 is 2.50 bits per heavy atom. The minimum Gasteiger partial charge on any atom is -0.352 e. The maximum atomic E-state index is 12.0. The van der Waals surface area contributed by atoms with Crippen LogP contribution in [0.1, 0.15) is 35.0 Å². The van der Waals surface area contributed by atoms with E-state index in [1.54, 1.807) is 0 Å². The van der Waals surface area contributed by atoms with Gasteiger partial charge in [0, 0.05) is 37.3 Å². The highest BCUT2D eigenvalue weighted by atomic mass is 35.5. The number of nitrogens with two attached hydrogens (primary N) is 1. The van der Waals surface area contributed by atoms with E-state index in [0.717, 1.165) is 22.5 Å². The van der Waals surface area contributed by atoms with Crippen molar-refractivity contribution < 1.29 is 4.79 Å². The van der Waals surface area contributed by atoms with Gasteiger partial charge in [0.1, 0.15) is 0 Å². The summed E-state index contributed by atoms with van der Waals surface area (Å²) in [7, 11) is 1.90. The molecule has 5 nitrogen and oxygen atoms in total. The minimum absolute atomic E-state index is 0. The smallest absolute Gasteiger partial charge is 0.222 e. The molecule has 2 aromatic rings. The first-order valence-corrected chi connectivity index (χ1v) is 7.05. The number of benzene rings is 1. The van der Waals surface area contributed by atoms with Crippen LogP contribution in [0.2, 0.25) is 0 Å². The summed E-state index contributed by atoms with van der Waals surface area (Å²) in [5, 5.41) is 7.26. The van der Waals surface area contributed by atoms with E-state index >= 15 is 0 Å². The van der Waals surface area contributed by atoms with Gasteiger partial charge in [-0.3, -0.25) is 9.48 Å². The van der Waals surface area contributed by atoms with Gasteiger partial charge in [0.2, 0.25) is 5.91 Å². The molecule has 0 aliphatic heterocycles. The van der Waals surface area contributed by atoms with Crippen molar-refractivity contribution in [1.29, 1.82) is 0 Å². The molecule has 22 heavy (non-hydrogen) atoms. The number of rotatable bonds is 5. The van der Waals surface area contributed by atoms with Gasteiger partial charge in [-0.15, -0.1) is 12.4 Å². The van der Waals surface area contributed by atoms with Crippen LogP contribution in [0.4, 0.5) is 0 Å². The van der Waals surface area contributed by atoms with Crippen LogP contribution in [-0.2, 0) is 18.4 Å². The Bertz CT molecular complexity index is 625. The minimum atomic E-state index is -0.276. The molecule has 0 bridgehead atoms. The van der Waals surface area contributed by atoms with Crippen molar-refractivity contribution in [3.05, 3.63) is 52.8 Å². The molecule has 1 unspecified atom stereocenters. The van der Waals surface area contributed by atoms with Crippen molar-refractivity contribution in [2.75, 3.05) is 0 Å². The van der Waals surface area contributed by atoms with E-state index in [4.69, 9.17) is 5.73 Å². The van der Waals surface area contributed by atoms with Gasteiger partial charge < -0.3 is 11.1 Å². The second-order valence-electron chi connectivity index (χ2n) is 5.27. The fourth-order valence-electron chi connectivity index (χ4n) is 2.35. The third kappa shape index (κ3) is 4.32. The number of aromatic nitrogens is 2. The Labute approximate surface area is 137 Å². The molecule has 0 fully saturated rings. The van der Waals surface area contributed by atoms with E-state index in [1.807, 2.05) is 55.9 Å². The SMILES string of the molecule is Cc1nn(C)c(C)c1CNC(=O)CC(N)c1ccccc1.Cl. The molecule has 120 valence electrons. The van der Waals surface area contributed by atoms with Crippen molar-refractivity contribution in [3.63, 3.8) is 0 Å². The highest BCUT2D eigenvalue weighted by molar-refractivity contribution is 5.85. The number of nitrogens with zero attached hydrogens (tertiary/aromatic N) is 2. The summed E-state index contributed by atoms with van der Waals surface area (Å²) in [6.07, 6.45) is 0.280. The third-order valence-corrected chi connectivity index (χ3v) is 3.75. The molecule has 0 spiro atoms. The van der Waals surface area contributed by atoms with Crippen LogP contribution in [0.15, 0.2) is 30.3 Å².